The molecule has 3 N–H and O–H groups in total. The Morgan fingerprint density at radius 2 is 1.77 bits per heavy atom. The van der Waals surface area contributed by atoms with Gasteiger partial charge in [0.25, 0.3) is 5.91 Å². The fraction of sp³-hybridized carbons (Fsp3) is 0.440. The van der Waals surface area contributed by atoms with Crippen LogP contribution in [-0.4, -0.2) is 30.9 Å². The van der Waals surface area contributed by atoms with E-state index in [1.54, 1.807) is 0 Å². The van der Waals surface area contributed by atoms with Crippen LogP contribution in [0.2, 0.25) is 0 Å². The van der Waals surface area contributed by atoms with E-state index in [2.05, 4.69) is 66.2 Å². The molecule has 0 aromatic heterocycles. The molecule has 5 nitrogen and oxygen atoms in total. The van der Waals surface area contributed by atoms with Crippen LogP contribution in [0, 0.1) is 6.92 Å². The van der Waals surface area contributed by atoms with Crippen molar-refractivity contribution >= 4 is 11.8 Å². The minimum atomic E-state index is -0.107. The molecule has 3 atom stereocenters. The number of nitrogens with one attached hydrogen (secondary N) is 3. The van der Waals surface area contributed by atoms with E-state index in [0.717, 1.165) is 6.42 Å². The average molecular weight is 408 g/mol. The van der Waals surface area contributed by atoms with Crippen LogP contribution in [0.15, 0.2) is 48.5 Å². The molecule has 0 bridgehead atoms. The average Bonchev–Trinajstić information content (AvgIpc) is 3.19. The maximum Gasteiger partial charge on any atom is 0.251 e. The third-order valence-corrected chi connectivity index (χ3v) is 5.89. The molecule has 1 aliphatic carbocycles. The zero-order valence-corrected chi connectivity index (χ0v) is 18.2. The van der Waals surface area contributed by atoms with E-state index >= 15 is 0 Å². The molecule has 0 saturated heterocycles. The van der Waals surface area contributed by atoms with E-state index in [-0.39, 0.29) is 11.8 Å². The van der Waals surface area contributed by atoms with Gasteiger partial charge in [0.05, 0.1) is 0 Å². The Balaban J connectivity index is 1.49. The molecular weight excluding hydrogens is 374 g/mol. The summed E-state index contributed by atoms with van der Waals surface area (Å²) in [7, 11) is 0. The fourth-order valence-corrected chi connectivity index (χ4v) is 4.25. The Bertz CT molecular complexity index is 863. The largest absolute Gasteiger partial charge is 0.355 e. The Morgan fingerprint density at radius 1 is 1.03 bits per heavy atom. The number of hydrogen-bond acceptors (Lipinski definition) is 3. The minimum Gasteiger partial charge on any atom is -0.355 e. The zero-order chi connectivity index (χ0) is 21.5. The zero-order valence-electron chi connectivity index (χ0n) is 18.2. The second-order valence-corrected chi connectivity index (χ2v) is 8.37. The van der Waals surface area contributed by atoms with Gasteiger partial charge in [-0.3, -0.25) is 9.59 Å². The van der Waals surface area contributed by atoms with E-state index in [4.69, 9.17) is 0 Å². The van der Waals surface area contributed by atoms with Gasteiger partial charge in [-0.05, 0) is 62.3 Å². The van der Waals surface area contributed by atoms with Crippen molar-refractivity contribution in [1.82, 2.24) is 16.0 Å². The first-order chi connectivity index (χ1) is 14.4. The van der Waals surface area contributed by atoms with E-state index in [0.29, 0.717) is 36.7 Å². The van der Waals surface area contributed by atoms with Crippen LogP contribution >= 0.6 is 0 Å². The van der Waals surface area contributed by atoms with Gasteiger partial charge in [0.2, 0.25) is 5.91 Å². The number of carbonyl (C=O) groups is 2. The molecule has 0 radical (unpaired) electrons. The first-order valence-electron chi connectivity index (χ1n) is 10.9. The number of benzene rings is 2. The van der Waals surface area contributed by atoms with Crippen molar-refractivity contribution in [1.29, 1.82) is 0 Å². The molecule has 5 heteroatoms. The van der Waals surface area contributed by atoms with Crippen LogP contribution < -0.4 is 16.0 Å². The quantitative estimate of drug-likeness (QED) is 0.582. The molecule has 1 saturated carbocycles. The molecular formula is C25H33N3O2. The Kier molecular flexibility index (Phi) is 7.63. The number of carbonyl (C=O) groups excluding carboxylic acids is 2. The molecule has 160 valence electrons. The lowest BCUT2D eigenvalue weighted by Crippen LogP contribution is -2.33. The van der Waals surface area contributed by atoms with Gasteiger partial charge < -0.3 is 16.0 Å². The lowest BCUT2D eigenvalue weighted by molar-refractivity contribution is -0.118. The molecule has 2 aromatic rings. The Hall–Kier alpha value is -2.66. The highest BCUT2D eigenvalue weighted by atomic mass is 16.2. The highest BCUT2D eigenvalue weighted by molar-refractivity contribution is 5.94. The second-order valence-electron chi connectivity index (χ2n) is 8.37. The molecule has 30 heavy (non-hydrogen) atoms. The molecule has 0 spiro atoms. The summed E-state index contributed by atoms with van der Waals surface area (Å²) >= 11 is 0. The first-order valence-corrected chi connectivity index (χ1v) is 10.9. The predicted molar refractivity (Wildman–Crippen MR) is 121 cm³/mol. The topological polar surface area (TPSA) is 70.2 Å². The monoisotopic (exact) mass is 407 g/mol. The number of amides is 2. The van der Waals surface area contributed by atoms with Crippen LogP contribution in [0.25, 0.3) is 0 Å². The Labute approximate surface area is 179 Å². The lowest BCUT2D eigenvalue weighted by Gasteiger charge is -2.20. The van der Waals surface area contributed by atoms with Crippen LogP contribution in [0.4, 0.5) is 0 Å². The second kappa shape index (κ2) is 10.4. The van der Waals surface area contributed by atoms with Crippen molar-refractivity contribution < 1.29 is 9.59 Å². The van der Waals surface area contributed by atoms with Crippen LogP contribution in [0.5, 0.6) is 0 Å². The normalized spacial score (nSPS) is 19.3. The van der Waals surface area contributed by atoms with Gasteiger partial charge in [-0.15, -0.1) is 0 Å². The van der Waals surface area contributed by atoms with Crippen molar-refractivity contribution in [2.24, 2.45) is 0 Å². The van der Waals surface area contributed by atoms with Gasteiger partial charge in [-0.2, -0.15) is 0 Å². The highest BCUT2D eigenvalue weighted by Gasteiger charge is 2.27. The van der Waals surface area contributed by atoms with E-state index in [1.165, 1.54) is 36.5 Å². The van der Waals surface area contributed by atoms with E-state index in [9.17, 15) is 9.59 Å². The van der Waals surface area contributed by atoms with E-state index in [1.807, 2.05) is 12.1 Å². The number of aryl methyl sites for hydroxylation is 1. The summed E-state index contributed by atoms with van der Waals surface area (Å²) in [5, 5.41) is 9.29. The molecule has 1 aliphatic rings. The number of rotatable bonds is 8. The maximum atomic E-state index is 12.2. The third-order valence-electron chi connectivity index (χ3n) is 5.89. The van der Waals surface area contributed by atoms with Crippen molar-refractivity contribution in [2.45, 2.75) is 58.0 Å². The van der Waals surface area contributed by atoms with Gasteiger partial charge in [0, 0.05) is 37.7 Å². The fourth-order valence-electron chi connectivity index (χ4n) is 4.25. The molecule has 2 aromatic carbocycles. The lowest BCUT2D eigenvalue weighted by atomic mass is 9.96. The standard InChI is InChI=1S/C25H33N3O2/c1-17-5-4-6-22(15-17)18(2)28-24-12-11-23(16-24)20-7-9-21(10-8-20)25(30)27-14-13-26-19(3)29/h4-10,15,18,23-24,28H,11-14,16H2,1-3H3,(H,26,29)(H,27,30)/t18-,23+,24?/m1/s1. The highest BCUT2D eigenvalue weighted by Crippen LogP contribution is 2.35. The summed E-state index contributed by atoms with van der Waals surface area (Å²) in [6.45, 7) is 6.70. The van der Waals surface area contributed by atoms with Gasteiger partial charge >= 0.3 is 0 Å². The minimum absolute atomic E-state index is 0.0914. The SMILES string of the molecule is CC(=O)NCCNC(=O)c1ccc([C@H]2CCC(N[C@H](C)c3cccc(C)c3)C2)cc1. The van der Waals surface area contributed by atoms with Crippen LogP contribution in [0.3, 0.4) is 0 Å². The molecule has 3 rings (SSSR count). The maximum absolute atomic E-state index is 12.2. The summed E-state index contributed by atoms with van der Waals surface area (Å²) < 4.78 is 0. The first kappa shape index (κ1) is 22.0. The molecule has 1 unspecified atom stereocenters. The van der Waals surface area contributed by atoms with Crippen molar-refractivity contribution in [3.05, 3.63) is 70.8 Å². The summed E-state index contributed by atoms with van der Waals surface area (Å²) in [5.41, 5.74) is 4.59. The predicted octanol–water partition coefficient (Wildman–Crippen LogP) is 3.85. The van der Waals surface area contributed by atoms with Crippen molar-refractivity contribution in [3.63, 3.8) is 0 Å². The molecule has 0 heterocycles. The Morgan fingerprint density at radius 3 is 2.47 bits per heavy atom. The molecule has 0 aliphatic heterocycles. The molecule has 2 amide bonds. The molecule has 1 fully saturated rings. The number of hydrogen-bond donors (Lipinski definition) is 3. The van der Waals surface area contributed by atoms with Gasteiger partial charge in [0.1, 0.15) is 0 Å². The van der Waals surface area contributed by atoms with Crippen LogP contribution in [-0.2, 0) is 4.79 Å². The van der Waals surface area contributed by atoms with Gasteiger partial charge in [0.15, 0.2) is 0 Å². The van der Waals surface area contributed by atoms with Crippen LogP contribution in [0.1, 0.15) is 72.1 Å². The van der Waals surface area contributed by atoms with Gasteiger partial charge in [-0.25, -0.2) is 0 Å². The van der Waals surface area contributed by atoms with E-state index < -0.39 is 0 Å². The van der Waals surface area contributed by atoms with Crippen molar-refractivity contribution in [3.8, 4) is 0 Å². The summed E-state index contributed by atoms with van der Waals surface area (Å²) in [6.07, 6.45) is 3.46. The van der Waals surface area contributed by atoms with Gasteiger partial charge in [-0.1, -0.05) is 42.0 Å². The summed E-state index contributed by atoms with van der Waals surface area (Å²) in [4.78, 5) is 23.1. The summed E-state index contributed by atoms with van der Waals surface area (Å²) in [6, 6.07) is 17.5. The smallest absolute Gasteiger partial charge is 0.251 e. The van der Waals surface area contributed by atoms with Crippen molar-refractivity contribution in [2.75, 3.05) is 13.1 Å². The summed E-state index contributed by atoms with van der Waals surface area (Å²) in [5.74, 6) is 0.333. The third kappa shape index (κ3) is 6.17.